The summed E-state index contributed by atoms with van der Waals surface area (Å²) in [5, 5.41) is 0.776. The van der Waals surface area contributed by atoms with Gasteiger partial charge in [-0.25, -0.2) is 0 Å². The van der Waals surface area contributed by atoms with Crippen LogP contribution in [0.25, 0.3) is 11.0 Å². The highest BCUT2D eigenvalue weighted by Gasteiger charge is 2.33. The van der Waals surface area contributed by atoms with Crippen LogP contribution in [0.1, 0.15) is 21.7 Å². The number of hydrazine groups is 1. The van der Waals surface area contributed by atoms with Gasteiger partial charge < -0.3 is 4.42 Å². The molecule has 0 aliphatic rings. The van der Waals surface area contributed by atoms with E-state index in [1.165, 1.54) is 18.2 Å². The van der Waals surface area contributed by atoms with Crippen LogP contribution in [0, 0.1) is 6.92 Å². The molecule has 1 amide bonds. The molecule has 0 saturated carbocycles. The van der Waals surface area contributed by atoms with E-state index < -0.39 is 17.6 Å². The molecule has 3 rings (SSSR count). The van der Waals surface area contributed by atoms with Gasteiger partial charge in [0.05, 0.1) is 11.3 Å². The molecule has 1 heterocycles. The van der Waals surface area contributed by atoms with Gasteiger partial charge in [-0.2, -0.15) is 13.2 Å². The van der Waals surface area contributed by atoms with Crippen LogP contribution in [-0.2, 0) is 6.18 Å². The number of amides is 1. The van der Waals surface area contributed by atoms with E-state index in [-0.39, 0.29) is 11.4 Å². The van der Waals surface area contributed by atoms with Crippen molar-refractivity contribution in [1.82, 2.24) is 5.43 Å². The first-order chi connectivity index (χ1) is 11.4. The number of aryl methyl sites for hydroxylation is 1. The summed E-state index contributed by atoms with van der Waals surface area (Å²) in [5.74, 6) is -0.603. The minimum absolute atomic E-state index is 0.0492. The van der Waals surface area contributed by atoms with Gasteiger partial charge in [0.2, 0.25) is 0 Å². The Bertz CT molecular complexity index is 900. The van der Waals surface area contributed by atoms with Gasteiger partial charge in [0.25, 0.3) is 0 Å². The Kier molecular flexibility index (Phi) is 3.92. The molecule has 0 bridgehead atoms. The molecular weight excluding hydrogens is 321 g/mol. The largest absolute Gasteiger partial charge is 0.451 e. The molecule has 124 valence electrons. The summed E-state index contributed by atoms with van der Waals surface area (Å²) in [6.45, 7) is 1.71. The number of nitrogens with one attached hydrogen (secondary N) is 2. The van der Waals surface area contributed by atoms with Crippen LogP contribution in [0.15, 0.2) is 52.9 Å². The summed E-state index contributed by atoms with van der Waals surface area (Å²) in [6, 6.07) is 12.0. The minimum atomic E-state index is -4.52. The summed E-state index contributed by atoms with van der Waals surface area (Å²) in [7, 11) is 0. The molecule has 1 aromatic heterocycles. The van der Waals surface area contributed by atoms with Gasteiger partial charge in [-0.05, 0) is 25.1 Å². The first kappa shape index (κ1) is 15.9. The fourth-order valence-electron chi connectivity index (χ4n) is 2.41. The van der Waals surface area contributed by atoms with Gasteiger partial charge >= 0.3 is 12.1 Å². The van der Waals surface area contributed by atoms with Crippen molar-refractivity contribution in [2.45, 2.75) is 13.1 Å². The van der Waals surface area contributed by atoms with Crippen molar-refractivity contribution in [1.29, 1.82) is 0 Å². The van der Waals surface area contributed by atoms with Crippen LogP contribution >= 0.6 is 0 Å². The molecule has 0 aliphatic heterocycles. The number of benzene rings is 2. The summed E-state index contributed by atoms with van der Waals surface area (Å²) >= 11 is 0. The topological polar surface area (TPSA) is 54.3 Å². The van der Waals surface area contributed by atoms with E-state index in [4.69, 9.17) is 4.42 Å². The van der Waals surface area contributed by atoms with Gasteiger partial charge in [0, 0.05) is 10.9 Å². The first-order valence-electron chi connectivity index (χ1n) is 7.08. The fraction of sp³-hybridized carbons (Fsp3) is 0.118. The molecule has 0 aliphatic carbocycles. The molecule has 0 fully saturated rings. The highest BCUT2D eigenvalue weighted by Crippen LogP contribution is 2.34. The van der Waals surface area contributed by atoms with E-state index in [1.54, 1.807) is 25.1 Å². The summed E-state index contributed by atoms with van der Waals surface area (Å²) in [5.41, 5.74) is 4.60. The number of fused-ring (bicyclic) bond motifs is 1. The molecule has 4 nitrogen and oxygen atoms in total. The number of hydrogen-bond donors (Lipinski definition) is 2. The number of hydrogen-bond acceptors (Lipinski definition) is 3. The Hall–Kier alpha value is -2.96. The second-order valence-electron chi connectivity index (χ2n) is 5.17. The third kappa shape index (κ3) is 2.92. The van der Waals surface area contributed by atoms with E-state index >= 15 is 0 Å². The van der Waals surface area contributed by atoms with E-state index in [9.17, 15) is 18.0 Å². The van der Waals surface area contributed by atoms with E-state index in [1.807, 2.05) is 6.07 Å². The highest BCUT2D eigenvalue weighted by molar-refractivity contribution is 5.99. The third-order valence-electron chi connectivity index (χ3n) is 3.59. The van der Waals surface area contributed by atoms with Crippen molar-refractivity contribution < 1.29 is 22.4 Å². The second-order valence-corrected chi connectivity index (χ2v) is 5.17. The molecule has 0 unspecified atom stereocenters. The predicted molar refractivity (Wildman–Crippen MR) is 83.5 cm³/mol. The Labute approximate surface area is 135 Å². The van der Waals surface area contributed by atoms with Gasteiger partial charge in [-0.3, -0.25) is 15.6 Å². The lowest BCUT2D eigenvalue weighted by atomic mass is 10.1. The number of furan rings is 1. The van der Waals surface area contributed by atoms with E-state index in [2.05, 4.69) is 10.9 Å². The van der Waals surface area contributed by atoms with Gasteiger partial charge in [0.15, 0.2) is 5.76 Å². The average Bonchev–Trinajstić information content (AvgIpc) is 2.89. The summed E-state index contributed by atoms with van der Waals surface area (Å²) in [6.07, 6.45) is -4.52. The molecule has 0 saturated heterocycles. The van der Waals surface area contributed by atoms with Crippen molar-refractivity contribution in [3.63, 3.8) is 0 Å². The monoisotopic (exact) mass is 334 g/mol. The fourth-order valence-corrected chi connectivity index (χ4v) is 2.41. The van der Waals surface area contributed by atoms with Crippen LogP contribution in [0.4, 0.5) is 18.9 Å². The first-order valence-corrected chi connectivity index (χ1v) is 7.08. The molecule has 0 radical (unpaired) electrons. The number of alkyl halides is 3. The Morgan fingerprint density at radius 1 is 1.04 bits per heavy atom. The van der Waals surface area contributed by atoms with Gasteiger partial charge in [0.1, 0.15) is 5.58 Å². The predicted octanol–water partition coefficient (Wildman–Crippen LogP) is 4.52. The van der Waals surface area contributed by atoms with Crippen molar-refractivity contribution in [2.24, 2.45) is 0 Å². The number of halogens is 3. The lowest BCUT2D eigenvalue weighted by Crippen LogP contribution is -2.30. The van der Waals surface area contributed by atoms with Gasteiger partial charge in [-0.1, -0.05) is 30.3 Å². The van der Waals surface area contributed by atoms with Crippen LogP contribution in [0.3, 0.4) is 0 Å². The lowest BCUT2D eigenvalue weighted by molar-refractivity contribution is -0.137. The smallest absolute Gasteiger partial charge is 0.418 e. The maximum absolute atomic E-state index is 12.9. The molecule has 7 heteroatoms. The van der Waals surface area contributed by atoms with E-state index in [0.717, 1.165) is 11.5 Å². The summed E-state index contributed by atoms with van der Waals surface area (Å²) < 4.78 is 44.3. The zero-order valence-electron chi connectivity index (χ0n) is 12.6. The molecular formula is C17H13F3N2O2. The zero-order chi connectivity index (χ0) is 17.3. The second kappa shape index (κ2) is 5.92. The van der Waals surface area contributed by atoms with Crippen LogP contribution in [0.5, 0.6) is 0 Å². The molecule has 24 heavy (non-hydrogen) atoms. The molecule has 3 aromatic rings. The van der Waals surface area contributed by atoms with E-state index in [0.29, 0.717) is 11.1 Å². The summed E-state index contributed by atoms with van der Waals surface area (Å²) in [4.78, 5) is 12.2. The van der Waals surface area contributed by atoms with Crippen LogP contribution in [0.2, 0.25) is 0 Å². The zero-order valence-corrected chi connectivity index (χ0v) is 12.6. The van der Waals surface area contributed by atoms with Gasteiger partial charge in [-0.15, -0.1) is 0 Å². The van der Waals surface area contributed by atoms with Crippen molar-refractivity contribution >= 4 is 22.6 Å². The highest BCUT2D eigenvalue weighted by atomic mass is 19.4. The molecule has 2 N–H and O–H groups in total. The van der Waals surface area contributed by atoms with Crippen molar-refractivity contribution in [3.05, 3.63) is 65.4 Å². The number of anilines is 1. The van der Waals surface area contributed by atoms with Crippen molar-refractivity contribution in [2.75, 3.05) is 5.43 Å². The van der Waals surface area contributed by atoms with Crippen LogP contribution in [-0.4, -0.2) is 5.91 Å². The third-order valence-corrected chi connectivity index (χ3v) is 3.59. The standard InChI is InChI=1S/C17H13F3N2O2/c1-10-11-6-2-5-9-14(11)24-15(10)16(23)22-21-13-8-4-3-7-12(13)17(18,19)20/h2-9,21H,1H3,(H,22,23). The van der Waals surface area contributed by atoms with Crippen LogP contribution < -0.4 is 10.9 Å². The molecule has 2 aromatic carbocycles. The molecule has 0 spiro atoms. The number of carbonyl (C=O) groups is 1. The maximum Gasteiger partial charge on any atom is 0.418 e. The Morgan fingerprint density at radius 2 is 1.71 bits per heavy atom. The quantitative estimate of drug-likeness (QED) is 0.693. The maximum atomic E-state index is 12.9. The Morgan fingerprint density at radius 3 is 2.42 bits per heavy atom. The normalized spacial score (nSPS) is 11.5. The number of rotatable bonds is 3. The number of carbonyl (C=O) groups excluding carboxylic acids is 1. The Balaban J connectivity index is 1.82. The SMILES string of the molecule is Cc1c(C(=O)NNc2ccccc2C(F)(F)F)oc2ccccc12. The molecule has 0 atom stereocenters. The van der Waals surface area contributed by atoms with Crippen molar-refractivity contribution in [3.8, 4) is 0 Å². The average molecular weight is 334 g/mol. The minimum Gasteiger partial charge on any atom is -0.451 e. The number of para-hydroxylation sites is 2. The lowest BCUT2D eigenvalue weighted by Gasteiger charge is -2.14.